The molecule has 1 nitrogen and oxygen atoms in total. The summed E-state index contributed by atoms with van der Waals surface area (Å²) in [5.41, 5.74) is 0. The molecule has 0 bridgehead atoms. The van der Waals surface area contributed by atoms with Gasteiger partial charge in [-0.25, -0.2) is 0 Å². The monoisotopic (exact) mass is 485 g/mol. The lowest BCUT2D eigenvalue weighted by atomic mass is 9.88. The molecule has 1 radical (unpaired) electrons. The van der Waals surface area contributed by atoms with Gasteiger partial charge in [0, 0.05) is 0 Å². The van der Waals surface area contributed by atoms with Crippen molar-refractivity contribution in [1.29, 1.82) is 0 Å². The predicted molar refractivity (Wildman–Crippen MR) is 46.3 cm³/mol. The lowest BCUT2D eigenvalue weighted by Gasteiger charge is -2.42. The highest BCUT2D eigenvalue weighted by molar-refractivity contribution is 5.15. The Labute approximate surface area is 144 Å². The van der Waals surface area contributed by atoms with Crippen LogP contribution in [-0.4, -0.2) is 53.7 Å². The largest absolute Gasteiger partial charge is 0.460 e. The fraction of sp³-hybridized carbons (Fsp3) is 1.00. The Balaban J connectivity index is 6.82. The average Bonchev–Trinajstić information content (AvgIpc) is 2.43. The first kappa shape index (κ1) is 27.6. The molecule has 1 atom stereocenters. The second-order valence-electron chi connectivity index (χ2n) is 5.04. The summed E-state index contributed by atoms with van der Waals surface area (Å²) in [4.78, 5) is 0. The fourth-order valence-electron chi connectivity index (χ4n) is 1.35. The molecule has 1 unspecified atom stereocenters. The van der Waals surface area contributed by atoms with Crippen LogP contribution in [0.3, 0.4) is 0 Å². The number of rotatable bonds is 6. The first-order chi connectivity index (χ1) is 12.0. The third-order valence-corrected chi connectivity index (χ3v) is 3.10. The van der Waals surface area contributed by atoms with Gasteiger partial charge in [-0.3, -0.25) is 0 Å². The fourth-order valence-corrected chi connectivity index (χ4v) is 1.35. The van der Waals surface area contributed by atoms with Crippen molar-refractivity contribution >= 4 is 0 Å². The van der Waals surface area contributed by atoms with Crippen molar-refractivity contribution in [2.75, 3.05) is 0 Å². The van der Waals surface area contributed by atoms with Gasteiger partial charge in [-0.1, -0.05) is 0 Å². The lowest BCUT2D eigenvalue weighted by Crippen LogP contribution is -2.76. The minimum atomic E-state index is -8.98. The highest BCUT2D eigenvalue weighted by Crippen LogP contribution is 2.64. The summed E-state index contributed by atoms with van der Waals surface area (Å²) in [5, 5.41) is 10.1. The molecule has 0 aliphatic rings. The molecule has 0 amide bonds. The Hall–Kier alpha value is -1.37. The van der Waals surface area contributed by atoms with Crippen LogP contribution < -0.4 is 0 Å². The number of hydrogen-bond acceptors (Lipinski definition) is 0. The lowest BCUT2D eigenvalue weighted by molar-refractivity contribution is -0.489. The van der Waals surface area contributed by atoms with Crippen LogP contribution in [0.25, 0.3) is 0 Å². The average molecular weight is 485 g/mol. The molecule has 0 spiro atoms. The molecule has 0 N–H and O–H groups in total. The Bertz CT molecular complexity index is 554. The van der Waals surface area contributed by atoms with Crippen LogP contribution in [0.15, 0.2) is 0 Å². The second kappa shape index (κ2) is 6.32. The van der Waals surface area contributed by atoms with E-state index < -0.39 is 53.7 Å². The van der Waals surface area contributed by atoms with Gasteiger partial charge in [0.1, 0.15) is 0 Å². The van der Waals surface area contributed by atoms with Crippen LogP contribution in [0.4, 0.5) is 83.4 Å². The van der Waals surface area contributed by atoms with Gasteiger partial charge in [-0.05, 0) is 0 Å². The van der Waals surface area contributed by atoms with Gasteiger partial charge in [-0.2, -0.15) is 88.5 Å². The minimum Gasteiger partial charge on any atom is -0.192 e. The first-order valence-corrected chi connectivity index (χ1v) is 5.79. The van der Waals surface area contributed by atoms with Crippen molar-refractivity contribution in [1.82, 2.24) is 0 Å². The third kappa shape index (κ3) is 3.24. The molecule has 175 valence electrons. The Morgan fingerprint density at radius 3 is 0.690 bits per heavy atom. The molecule has 0 heterocycles. The van der Waals surface area contributed by atoms with Gasteiger partial charge in [0.2, 0.25) is 0 Å². The molecule has 0 saturated carbocycles. The summed E-state index contributed by atoms with van der Waals surface area (Å²) >= 11 is 0. The van der Waals surface area contributed by atoms with Crippen LogP contribution in [0.5, 0.6) is 0 Å². The molecular weight excluding hydrogens is 485 g/mol. The second-order valence-corrected chi connectivity index (χ2v) is 5.04. The van der Waals surface area contributed by atoms with E-state index in [4.69, 9.17) is 0 Å². The molecule has 20 heteroatoms. The highest BCUT2D eigenvalue weighted by Gasteiger charge is 2.96. The zero-order chi connectivity index (χ0) is 24.5. The SMILES string of the molecule is [O]C(F)(C(F)(F)F)C(F)(F)C(F)(F)C(F)(F)C(F)(F)C(F)(F)C(F)(F)C(F)(F)F. The van der Waals surface area contributed by atoms with Crippen molar-refractivity contribution < 1.29 is 88.5 Å². The van der Waals surface area contributed by atoms with Crippen molar-refractivity contribution in [2.24, 2.45) is 0 Å². The van der Waals surface area contributed by atoms with Crippen LogP contribution in [0, 0.1) is 0 Å². The normalized spacial score (nSPS) is 18.6. The van der Waals surface area contributed by atoms with E-state index in [2.05, 4.69) is 0 Å². The summed E-state index contributed by atoms with van der Waals surface area (Å²) in [6.07, 6.45) is -15.7. The maximum atomic E-state index is 13.0. The van der Waals surface area contributed by atoms with Gasteiger partial charge in [0.15, 0.2) is 0 Å². The zero-order valence-electron chi connectivity index (χ0n) is 12.1. The molecule has 0 fully saturated rings. The van der Waals surface area contributed by atoms with E-state index in [-0.39, 0.29) is 0 Å². The number of alkyl halides is 19. The maximum Gasteiger partial charge on any atom is 0.460 e. The van der Waals surface area contributed by atoms with Crippen LogP contribution in [0.1, 0.15) is 0 Å². The first-order valence-electron chi connectivity index (χ1n) is 5.79. The number of hydrogen-bond donors (Lipinski definition) is 0. The van der Waals surface area contributed by atoms with Crippen molar-refractivity contribution in [3.8, 4) is 0 Å². The van der Waals surface area contributed by atoms with E-state index >= 15 is 0 Å². The smallest absolute Gasteiger partial charge is 0.192 e. The van der Waals surface area contributed by atoms with Crippen molar-refractivity contribution in [3.05, 3.63) is 0 Å². The quantitative estimate of drug-likeness (QED) is 0.411. The molecular formula is C9F19O. The summed E-state index contributed by atoms with van der Waals surface area (Å²) in [6.45, 7) is 0. The summed E-state index contributed by atoms with van der Waals surface area (Å²) < 4.78 is 237. The minimum absolute atomic E-state index is 7.82. The maximum absolute atomic E-state index is 13.0. The summed E-state index contributed by atoms with van der Waals surface area (Å²) in [7, 11) is 0. The molecule has 0 aliphatic heterocycles. The molecule has 29 heavy (non-hydrogen) atoms. The van der Waals surface area contributed by atoms with Gasteiger partial charge < -0.3 is 0 Å². The Morgan fingerprint density at radius 2 is 0.483 bits per heavy atom. The van der Waals surface area contributed by atoms with E-state index in [0.717, 1.165) is 0 Å². The standard InChI is InChI=1S/C9F19O/c10-1(11,2(12,13)4(16,17)6(20,21)8(23,24)25)3(14,15)5(18,19)7(22,29)9(26,27)28. The van der Waals surface area contributed by atoms with E-state index in [9.17, 15) is 88.5 Å². The van der Waals surface area contributed by atoms with Crippen LogP contribution >= 0.6 is 0 Å². The van der Waals surface area contributed by atoms with E-state index in [1.165, 1.54) is 0 Å². The molecule has 0 aromatic rings. The topological polar surface area (TPSA) is 19.9 Å². The van der Waals surface area contributed by atoms with Crippen LogP contribution in [-0.2, 0) is 5.11 Å². The Morgan fingerprint density at radius 1 is 0.276 bits per heavy atom. The molecule has 0 aromatic heterocycles. The molecule has 0 saturated heterocycles. The van der Waals surface area contributed by atoms with E-state index in [0.29, 0.717) is 0 Å². The molecule has 0 aromatic carbocycles. The van der Waals surface area contributed by atoms with Gasteiger partial charge >= 0.3 is 53.7 Å². The van der Waals surface area contributed by atoms with Crippen molar-refractivity contribution in [3.63, 3.8) is 0 Å². The van der Waals surface area contributed by atoms with Gasteiger partial charge in [0.25, 0.3) is 0 Å². The van der Waals surface area contributed by atoms with Crippen LogP contribution in [0.2, 0.25) is 0 Å². The zero-order valence-corrected chi connectivity index (χ0v) is 12.1. The summed E-state index contributed by atoms with van der Waals surface area (Å²) in [5.74, 6) is -60.6. The number of halogens is 19. The van der Waals surface area contributed by atoms with Gasteiger partial charge in [0.05, 0.1) is 0 Å². The van der Waals surface area contributed by atoms with E-state index in [1.807, 2.05) is 0 Å². The molecule has 0 aliphatic carbocycles. The Kier molecular flexibility index (Phi) is 6.02. The predicted octanol–water partition coefficient (Wildman–Crippen LogP) is 6.02. The van der Waals surface area contributed by atoms with Gasteiger partial charge in [-0.15, -0.1) is 0 Å². The summed E-state index contributed by atoms with van der Waals surface area (Å²) in [6, 6.07) is 0. The highest BCUT2D eigenvalue weighted by atomic mass is 19.4. The van der Waals surface area contributed by atoms with E-state index in [1.54, 1.807) is 0 Å². The molecule has 0 rings (SSSR count). The van der Waals surface area contributed by atoms with Crippen molar-refractivity contribution in [2.45, 2.75) is 53.7 Å². The third-order valence-electron chi connectivity index (χ3n) is 3.10.